The van der Waals surface area contributed by atoms with E-state index >= 15 is 0 Å². The van der Waals surface area contributed by atoms with E-state index < -0.39 is 5.97 Å². The van der Waals surface area contributed by atoms with Crippen LogP contribution in [0.2, 0.25) is 0 Å². The van der Waals surface area contributed by atoms with Crippen LogP contribution in [0.1, 0.15) is 27.7 Å². The summed E-state index contributed by atoms with van der Waals surface area (Å²) in [5.41, 5.74) is 4.19. The van der Waals surface area contributed by atoms with E-state index in [0.717, 1.165) is 23.4 Å². The van der Waals surface area contributed by atoms with Gasteiger partial charge in [-0.3, -0.25) is 4.79 Å². The van der Waals surface area contributed by atoms with Crippen molar-refractivity contribution in [3.05, 3.63) is 51.0 Å². The van der Waals surface area contributed by atoms with Crippen LogP contribution in [0.25, 0.3) is 22.5 Å². The molecule has 188 valence electrons. The fourth-order valence-corrected chi connectivity index (χ4v) is 6.44. The van der Waals surface area contributed by atoms with Crippen LogP contribution in [-0.4, -0.2) is 46.6 Å². The summed E-state index contributed by atoms with van der Waals surface area (Å²) in [4.78, 5) is 26.7. The third kappa shape index (κ3) is 5.18. The Hall–Kier alpha value is -3.15. The number of nitrogens with zero attached hydrogens (tertiary/aromatic N) is 3. The van der Waals surface area contributed by atoms with Crippen LogP contribution in [0.15, 0.2) is 40.2 Å². The highest BCUT2D eigenvalue weighted by Crippen LogP contribution is 2.37. The second-order valence-corrected chi connectivity index (χ2v) is 10.7. The zero-order valence-electron chi connectivity index (χ0n) is 20.6. The lowest BCUT2D eigenvalue weighted by Crippen LogP contribution is -2.16. The summed E-state index contributed by atoms with van der Waals surface area (Å²) >= 11 is 4.27. The molecule has 3 heterocycles. The van der Waals surface area contributed by atoms with Gasteiger partial charge in [0.1, 0.15) is 16.3 Å². The van der Waals surface area contributed by atoms with Crippen molar-refractivity contribution in [3.63, 3.8) is 0 Å². The summed E-state index contributed by atoms with van der Waals surface area (Å²) < 4.78 is 12.1. The molecule has 0 unspecified atom stereocenters. The minimum atomic E-state index is -0.513. The summed E-state index contributed by atoms with van der Waals surface area (Å²) in [6, 6.07) is 7.36. The van der Waals surface area contributed by atoms with Crippen LogP contribution in [0.3, 0.4) is 0 Å². The lowest BCUT2D eigenvalue weighted by molar-refractivity contribution is -0.113. The average Bonchev–Trinajstić information content (AvgIpc) is 3.58. The van der Waals surface area contributed by atoms with Crippen LogP contribution in [0.4, 0.5) is 5.00 Å². The molecule has 0 spiro atoms. The maximum absolute atomic E-state index is 12.8. The zero-order valence-corrected chi connectivity index (χ0v) is 23.0. The third-order valence-corrected chi connectivity index (χ3v) is 8.57. The molecule has 0 bridgehead atoms. The van der Waals surface area contributed by atoms with E-state index in [1.54, 1.807) is 18.4 Å². The third-order valence-electron chi connectivity index (χ3n) is 5.70. The molecule has 8 nitrogen and oxygen atoms in total. The number of nitrogens with one attached hydrogen (secondary N) is 1. The molecule has 4 aromatic rings. The minimum Gasteiger partial charge on any atom is -0.497 e. The number of aryl methyl sites for hydroxylation is 1. The van der Waals surface area contributed by atoms with Crippen molar-refractivity contribution in [3.8, 4) is 28.3 Å². The van der Waals surface area contributed by atoms with Gasteiger partial charge in [0.15, 0.2) is 11.0 Å². The predicted molar refractivity (Wildman–Crippen MR) is 145 cm³/mol. The van der Waals surface area contributed by atoms with Gasteiger partial charge in [0.2, 0.25) is 5.91 Å². The van der Waals surface area contributed by atoms with Crippen molar-refractivity contribution in [2.24, 2.45) is 7.05 Å². The monoisotopic (exact) mass is 542 g/mol. The Kier molecular flexibility index (Phi) is 8.12. The van der Waals surface area contributed by atoms with Gasteiger partial charge in [-0.2, -0.15) is 0 Å². The first kappa shape index (κ1) is 25.9. The summed E-state index contributed by atoms with van der Waals surface area (Å²) in [6.45, 7) is 4.23. The Morgan fingerprint density at radius 3 is 2.47 bits per heavy atom. The van der Waals surface area contributed by atoms with E-state index in [9.17, 15) is 9.59 Å². The Labute approximate surface area is 221 Å². The van der Waals surface area contributed by atoms with Gasteiger partial charge in [-0.1, -0.05) is 30.8 Å². The number of esters is 1. The number of anilines is 1. The molecule has 36 heavy (non-hydrogen) atoms. The average molecular weight is 543 g/mol. The highest BCUT2D eigenvalue weighted by Gasteiger charge is 2.23. The summed E-state index contributed by atoms with van der Waals surface area (Å²) in [7, 11) is 4.82. The second-order valence-electron chi connectivity index (χ2n) is 7.81. The van der Waals surface area contributed by atoms with Crippen LogP contribution in [0, 0.1) is 6.92 Å². The molecule has 0 saturated heterocycles. The fraction of sp³-hybridized carbons (Fsp3) is 0.280. The molecule has 0 aliphatic carbocycles. The molecule has 0 aliphatic heterocycles. The van der Waals surface area contributed by atoms with Crippen LogP contribution in [-0.2, 0) is 23.0 Å². The van der Waals surface area contributed by atoms with E-state index in [4.69, 9.17) is 9.47 Å². The van der Waals surface area contributed by atoms with Gasteiger partial charge in [-0.05, 0) is 36.6 Å². The first-order valence-electron chi connectivity index (χ1n) is 11.1. The number of aromatic nitrogens is 3. The smallest absolute Gasteiger partial charge is 0.341 e. The lowest BCUT2D eigenvalue weighted by atomic mass is 10.0. The predicted octanol–water partition coefficient (Wildman–Crippen LogP) is 5.67. The van der Waals surface area contributed by atoms with E-state index in [0.29, 0.717) is 27.0 Å². The topological polar surface area (TPSA) is 95.3 Å². The molecule has 4 rings (SSSR count). The zero-order chi connectivity index (χ0) is 25.8. The van der Waals surface area contributed by atoms with Crippen molar-refractivity contribution in [2.75, 3.05) is 25.3 Å². The Morgan fingerprint density at radius 2 is 1.81 bits per heavy atom. The van der Waals surface area contributed by atoms with Gasteiger partial charge in [0.05, 0.1) is 20.0 Å². The first-order valence-corrected chi connectivity index (χ1v) is 13.9. The first-order chi connectivity index (χ1) is 17.4. The lowest BCUT2D eigenvalue weighted by Gasteiger charge is -2.08. The number of amides is 1. The molecular weight excluding hydrogens is 517 g/mol. The number of methoxy groups -OCH3 is 2. The van der Waals surface area contributed by atoms with E-state index in [2.05, 4.69) is 34.7 Å². The highest BCUT2D eigenvalue weighted by atomic mass is 32.2. The number of carbonyl (C=O) groups excluding carboxylic acids is 2. The number of thioether (sulfide) groups is 1. The summed E-state index contributed by atoms with van der Waals surface area (Å²) in [6.07, 6.45) is 0.921. The van der Waals surface area contributed by atoms with E-state index in [-0.39, 0.29) is 11.7 Å². The van der Waals surface area contributed by atoms with Crippen molar-refractivity contribution in [1.82, 2.24) is 14.8 Å². The SMILES string of the molecule is CCc1c(-c2nnc(SCC(=O)Nc3scc(-c4ccc(OC)cc4)c3C(=O)OC)n2C)csc1C. The number of hydrogen-bond acceptors (Lipinski definition) is 9. The second kappa shape index (κ2) is 11.3. The molecule has 1 amide bonds. The van der Waals surface area contributed by atoms with Gasteiger partial charge >= 0.3 is 5.97 Å². The maximum atomic E-state index is 12.8. The Balaban J connectivity index is 1.49. The molecule has 11 heteroatoms. The number of hydrogen-bond donors (Lipinski definition) is 1. The number of carbonyl (C=O) groups is 2. The van der Waals surface area contributed by atoms with E-state index in [1.807, 2.05) is 41.3 Å². The van der Waals surface area contributed by atoms with Crippen LogP contribution < -0.4 is 10.1 Å². The van der Waals surface area contributed by atoms with Crippen molar-refractivity contribution >= 4 is 51.3 Å². The van der Waals surface area contributed by atoms with Crippen LogP contribution >= 0.6 is 34.4 Å². The molecule has 0 saturated carbocycles. The summed E-state index contributed by atoms with van der Waals surface area (Å²) in [5.74, 6) is 0.853. The number of ether oxygens (including phenoxy) is 2. The van der Waals surface area contributed by atoms with Gasteiger partial charge < -0.3 is 19.4 Å². The van der Waals surface area contributed by atoms with Gasteiger partial charge in [0, 0.05) is 33.8 Å². The molecule has 0 atom stereocenters. The number of rotatable bonds is 9. The summed E-state index contributed by atoms with van der Waals surface area (Å²) in [5, 5.41) is 16.5. The standard InChI is InChI=1S/C25H26N4O4S3/c1-6-17-14(2)34-12-19(17)22-27-28-25(29(22)3)36-13-20(30)26-23-21(24(31)33-5)18(11-35-23)15-7-9-16(32-4)10-8-15/h7-12H,6,13H2,1-5H3,(H,26,30). The number of benzene rings is 1. The highest BCUT2D eigenvalue weighted by molar-refractivity contribution is 7.99. The molecular formula is C25H26N4O4S3. The van der Waals surface area contributed by atoms with Crippen LogP contribution in [0.5, 0.6) is 5.75 Å². The minimum absolute atomic E-state index is 0.117. The van der Waals surface area contributed by atoms with Gasteiger partial charge in [0.25, 0.3) is 0 Å². The van der Waals surface area contributed by atoms with E-state index in [1.165, 1.54) is 40.6 Å². The Bertz CT molecular complexity index is 1390. The molecule has 0 aliphatic rings. The van der Waals surface area contributed by atoms with Crippen molar-refractivity contribution in [1.29, 1.82) is 0 Å². The molecule has 0 fully saturated rings. The largest absolute Gasteiger partial charge is 0.497 e. The number of thiophene rings is 2. The van der Waals surface area contributed by atoms with Crippen molar-refractivity contribution in [2.45, 2.75) is 25.4 Å². The Morgan fingerprint density at radius 1 is 1.08 bits per heavy atom. The normalized spacial score (nSPS) is 10.9. The quantitative estimate of drug-likeness (QED) is 0.215. The van der Waals surface area contributed by atoms with Gasteiger partial charge in [-0.15, -0.1) is 32.9 Å². The molecule has 1 N–H and O–H groups in total. The molecule has 3 aromatic heterocycles. The molecule has 0 radical (unpaired) electrons. The van der Waals surface area contributed by atoms with Crippen molar-refractivity contribution < 1.29 is 19.1 Å². The van der Waals surface area contributed by atoms with Gasteiger partial charge in [-0.25, -0.2) is 4.79 Å². The molecule has 1 aromatic carbocycles. The maximum Gasteiger partial charge on any atom is 0.341 e. The fourth-order valence-electron chi connectivity index (χ4n) is 3.81.